The van der Waals surface area contributed by atoms with E-state index in [2.05, 4.69) is 20.5 Å². The van der Waals surface area contributed by atoms with Gasteiger partial charge in [0.1, 0.15) is 0 Å². The Hall–Kier alpha value is -1.46. The summed E-state index contributed by atoms with van der Waals surface area (Å²) in [6.07, 6.45) is 2.73. The summed E-state index contributed by atoms with van der Waals surface area (Å²) in [4.78, 5) is 6.85. The maximum Gasteiger partial charge on any atom is 0.203 e. The van der Waals surface area contributed by atoms with E-state index < -0.39 is 0 Å². The molecule has 0 saturated carbocycles. The number of guanidine groups is 1. The van der Waals surface area contributed by atoms with Crippen molar-refractivity contribution in [1.29, 1.82) is 0 Å². The summed E-state index contributed by atoms with van der Waals surface area (Å²) in [5.74, 6) is 2.60. The number of nitrogens with zero attached hydrogens (tertiary/aromatic N) is 2. The molecule has 2 atom stereocenters. The molecular weight excluding hydrogens is 487 g/mol. The number of halogens is 1. The van der Waals surface area contributed by atoms with Crippen molar-refractivity contribution in [2.24, 2.45) is 4.99 Å². The highest BCUT2D eigenvalue weighted by molar-refractivity contribution is 14.0. The number of aliphatic imine (C=N–C) groups is 1. The van der Waals surface area contributed by atoms with Gasteiger partial charge in [-0.1, -0.05) is 0 Å². The molecule has 2 fully saturated rings. The average molecular weight is 520 g/mol. The SMILES string of the molecule is CN=C(NCc1cc(OC)c(OC)c(OC)c1)NCC1CN2CCCC2CO1.I. The van der Waals surface area contributed by atoms with Crippen molar-refractivity contribution in [2.45, 2.75) is 31.5 Å². The summed E-state index contributed by atoms with van der Waals surface area (Å²) >= 11 is 0. The van der Waals surface area contributed by atoms with Crippen LogP contribution in [-0.4, -0.2) is 77.6 Å². The Morgan fingerprint density at radius 2 is 1.90 bits per heavy atom. The Labute approximate surface area is 190 Å². The molecule has 164 valence electrons. The molecule has 0 bridgehead atoms. The van der Waals surface area contributed by atoms with Crippen LogP contribution in [0.5, 0.6) is 17.2 Å². The van der Waals surface area contributed by atoms with Crippen LogP contribution in [-0.2, 0) is 11.3 Å². The molecule has 9 heteroatoms. The molecule has 1 aromatic rings. The average Bonchev–Trinajstić information content (AvgIpc) is 3.20. The fourth-order valence-electron chi connectivity index (χ4n) is 3.86. The number of fused-ring (bicyclic) bond motifs is 1. The van der Waals surface area contributed by atoms with E-state index in [1.807, 2.05) is 12.1 Å². The van der Waals surface area contributed by atoms with Gasteiger partial charge < -0.3 is 29.6 Å². The maximum atomic E-state index is 6.00. The number of rotatable bonds is 7. The highest BCUT2D eigenvalue weighted by atomic mass is 127. The van der Waals surface area contributed by atoms with E-state index in [4.69, 9.17) is 18.9 Å². The molecule has 0 amide bonds. The van der Waals surface area contributed by atoms with Gasteiger partial charge in [-0.05, 0) is 37.1 Å². The zero-order valence-corrected chi connectivity index (χ0v) is 20.0. The third kappa shape index (κ3) is 6.02. The van der Waals surface area contributed by atoms with Crippen LogP contribution < -0.4 is 24.8 Å². The lowest BCUT2D eigenvalue weighted by atomic mass is 10.1. The van der Waals surface area contributed by atoms with Crippen LogP contribution in [0.25, 0.3) is 0 Å². The summed E-state index contributed by atoms with van der Waals surface area (Å²) < 4.78 is 22.2. The Morgan fingerprint density at radius 1 is 1.17 bits per heavy atom. The van der Waals surface area contributed by atoms with E-state index in [0.29, 0.717) is 29.8 Å². The molecule has 0 aromatic heterocycles. The Kier molecular flexibility index (Phi) is 9.57. The molecule has 8 nitrogen and oxygen atoms in total. The van der Waals surface area contributed by atoms with Crippen LogP contribution in [0.3, 0.4) is 0 Å². The minimum atomic E-state index is 0. The van der Waals surface area contributed by atoms with Crippen molar-refractivity contribution >= 4 is 29.9 Å². The maximum absolute atomic E-state index is 6.00. The molecule has 2 aliphatic rings. The van der Waals surface area contributed by atoms with Gasteiger partial charge in [0.15, 0.2) is 17.5 Å². The van der Waals surface area contributed by atoms with Gasteiger partial charge in [-0.3, -0.25) is 9.89 Å². The van der Waals surface area contributed by atoms with Crippen LogP contribution in [0.2, 0.25) is 0 Å². The number of methoxy groups -OCH3 is 3. The summed E-state index contributed by atoms with van der Waals surface area (Å²) in [5.41, 5.74) is 1.01. The van der Waals surface area contributed by atoms with Gasteiger partial charge >= 0.3 is 0 Å². The van der Waals surface area contributed by atoms with Gasteiger partial charge in [0.05, 0.1) is 34.0 Å². The van der Waals surface area contributed by atoms with E-state index in [-0.39, 0.29) is 30.1 Å². The largest absolute Gasteiger partial charge is 0.493 e. The fourth-order valence-corrected chi connectivity index (χ4v) is 3.86. The van der Waals surface area contributed by atoms with Crippen molar-refractivity contribution in [3.8, 4) is 17.2 Å². The van der Waals surface area contributed by atoms with Gasteiger partial charge in [-0.25, -0.2) is 0 Å². The first-order chi connectivity index (χ1) is 13.7. The molecular formula is C20H33IN4O4. The van der Waals surface area contributed by atoms with Crippen LogP contribution in [0.1, 0.15) is 18.4 Å². The van der Waals surface area contributed by atoms with Gasteiger partial charge in [-0.2, -0.15) is 0 Å². The number of morpholine rings is 1. The Balaban J connectivity index is 0.00000300. The van der Waals surface area contributed by atoms with Crippen molar-refractivity contribution in [3.05, 3.63) is 17.7 Å². The fraction of sp³-hybridized carbons (Fsp3) is 0.650. The van der Waals surface area contributed by atoms with Gasteiger partial charge in [0.2, 0.25) is 5.75 Å². The van der Waals surface area contributed by atoms with Crippen molar-refractivity contribution in [3.63, 3.8) is 0 Å². The predicted octanol–water partition coefficient (Wildman–Crippen LogP) is 1.86. The molecule has 0 aliphatic carbocycles. The minimum absolute atomic E-state index is 0. The predicted molar refractivity (Wildman–Crippen MR) is 124 cm³/mol. The highest BCUT2D eigenvalue weighted by Gasteiger charge is 2.32. The van der Waals surface area contributed by atoms with E-state index in [1.54, 1.807) is 28.4 Å². The lowest BCUT2D eigenvalue weighted by molar-refractivity contribution is -0.0453. The van der Waals surface area contributed by atoms with Crippen molar-refractivity contribution in [2.75, 3.05) is 54.6 Å². The number of hydrogen-bond donors (Lipinski definition) is 2. The smallest absolute Gasteiger partial charge is 0.203 e. The van der Waals surface area contributed by atoms with Crippen molar-refractivity contribution < 1.29 is 18.9 Å². The summed E-state index contributed by atoms with van der Waals surface area (Å²) in [6.45, 7) is 4.33. The normalized spacial score (nSPS) is 21.7. The second-order valence-corrected chi connectivity index (χ2v) is 7.09. The molecule has 0 radical (unpaired) electrons. The Morgan fingerprint density at radius 3 is 2.52 bits per heavy atom. The van der Waals surface area contributed by atoms with E-state index in [1.165, 1.54) is 19.4 Å². The first-order valence-electron chi connectivity index (χ1n) is 9.77. The van der Waals surface area contributed by atoms with Crippen LogP contribution in [0.15, 0.2) is 17.1 Å². The molecule has 2 unspecified atom stereocenters. The molecule has 0 spiro atoms. The molecule has 2 heterocycles. The summed E-state index contributed by atoms with van der Waals surface area (Å²) in [6, 6.07) is 4.48. The van der Waals surface area contributed by atoms with E-state index >= 15 is 0 Å². The van der Waals surface area contributed by atoms with E-state index in [0.717, 1.165) is 31.2 Å². The number of hydrogen-bond acceptors (Lipinski definition) is 6. The molecule has 2 saturated heterocycles. The van der Waals surface area contributed by atoms with Gasteiger partial charge in [-0.15, -0.1) is 24.0 Å². The first-order valence-corrected chi connectivity index (χ1v) is 9.77. The van der Waals surface area contributed by atoms with Crippen LogP contribution in [0, 0.1) is 0 Å². The third-order valence-corrected chi connectivity index (χ3v) is 5.37. The van der Waals surface area contributed by atoms with Crippen LogP contribution >= 0.6 is 24.0 Å². The van der Waals surface area contributed by atoms with Gasteiger partial charge in [0, 0.05) is 32.7 Å². The van der Waals surface area contributed by atoms with Crippen LogP contribution in [0.4, 0.5) is 0 Å². The number of nitrogens with one attached hydrogen (secondary N) is 2. The monoisotopic (exact) mass is 520 g/mol. The van der Waals surface area contributed by atoms with Gasteiger partial charge in [0.25, 0.3) is 0 Å². The highest BCUT2D eigenvalue weighted by Crippen LogP contribution is 2.38. The Bertz CT molecular complexity index is 663. The standard InChI is InChI=1S/C20H32N4O4.HI/c1-21-20(23-11-16-12-24-7-5-6-15(24)13-28-16)22-10-14-8-17(25-2)19(27-4)18(9-14)26-3;/h8-9,15-16H,5-7,10-13H2,1-4H3,(H2,21,22,23);1H. The lowest BCUT2D eigenvalue weighted by Crippen LogP contribution is -2.51. The second kappa shape index (κ2) is 11.7. The minimum Gasteiger partial charge on any atom is -0.493 e. The second-order valence-electron chi connectivity index (χ2n) is 7.09. The molecule has 29 heavy (non-hydrogen) atoms. The molecule has 3 rings (SSSR count). The summed E-state index contributed by atoms with van der Waals surface area (Å²) in [5, 5.41) is 6.70. The third-order valence-electron chi connectivity index (χ3n) is 5.37. The zero-order chi connectivity index (χ0) is 19.9. The molecule has 1 aromatic carbocycles. The summed E-state index contributed by atoms with van der Waals surface area (Å²) in [7, 11) is 6.60. The zero-order valence-electron chi connectivity index (χ0n) is 17.7. The number of ether oxygens (including phenoxy) is 4. The topological polar surface area (TPSA) is 76.6 Å². The van der Waals surface area contributed by atoms with Crippen molar-refractivity contribution in [1.82, 2.24) is 15.5 Å². The first kappa shape index (κ1) is 23.8. The molecule has 2 N–H and O–H groups in total. The quantitative estimate of drug-likeness (QED) is 0.323. The van der Waals surface area contributed by atoms with E-state index in [9.17, 15) is 0 Å². The number of benzene rings is 1. The lowest BCUT2D eigenvalue weighted by Gasteiger charge is -2.35. The molecule has 2 aliphatic heterocycles.